The van der Waals surface area contributed by atoms with Crippen LogP contribution in [0.5, 0.6) is 0 Å². The van der Waals surface area contributed by atoms with Crippen molar-refractivity contribution < 1.29 is 4.74 Å². The normalized spacial score (nSPS) is 21.9. The second-order valence-electron chi connectivity index (χ2n) is 10.3. The van der Waals surface area contributed by atoms with Crippen molar-refractivity contribution in [3.05, 3.63) is 40.9 Å². The number of halogens is 1. The molecule has 5 rings (SSSR count). The molecule has 1 atom stereocenters. The van der Waals surface area contributed by atoms with Gasteiger partial charge in [-0.25, -0.2) is 0 Å². The van der Waals surface area contributed by atoms with Crippen molar-refractivity contribution in [2.24, 2.45) is 0 Å². The van der Waals surface area contributed by atoms with Crippen LogP contribution in [0.15, 0.2) is 30.3 Å². The number of piperidine rings is 1. The molecule has 3 aliphatic rings. The number of nitrogens with zero attached hydrogens (tertiary/aromatic N) is 4. The SMILES string of the molecule is C[C@@H]1CCCCN1c1cc(N2CCOCC2)nc(NC(=S)NCC2(c3ccc(Cl)cc3)CCCC2)n1. The molecule has 2 aromatic rings. The zero-order valence-electron chi connectivity index (χ0n) is 21.1. The fraction of sp³-hybridized carbons (Fsp3) is 0.593. The Morgan fingerprint density at radius 3 is 2.50 bits per heavy atom. The molecule has 36 heavy (non-hydrogen) atoms. The standard InChI is InChI=1S/C27H37ClN6OS/c1-20-6-2-5-13-34(20)24-18-23(33-14-16-35-17-15-33)30-25(31-24)32-26(36)29-19-27(11-3-4-12-27)21-7-9-22(28)10-8-21/h7-10,18,20H,2-6,11-17,19H2,1H3,(H2,29,30,31,32,36)/t20-/m1/s1. The summed E-state index contributed by atoms with van der Waals surface area (Å²) >= 11 is 11.9. The Morgan fingerprint density at radius 1 is 1.06 bits per heavy atom. The third-order valence-electron chi connectivity index (χ3n) is 7.96. The Hall–Kier alpha value is -2.16. The van der Waals surface area contributed by atoms with Gasteiger partial charge < -0.3 is 25.2 Å². The molecule has 1 saturated carbocycles. The zero-order chi connectivity index (χ0) is 25.0. The van der Waals surface area contributed by atoms with Gasteiger partial charge in [0.25, 0.3) is 0 Å². The van der Waals surface area contributed by atoms with Crippen molar-refractivity contribution in [2.75, 3.05) is 54.5 Å². The zero-order valence-corrected chi connectivity index (χ0v) is 22.7. The average molecular weight is 529 g/mol. The van der Waals surface area contributed by atoms with Crippen LogP contribution in [-0.2, 0) is 10.2 Å². The van der Waals surface area contributed by atoms with Gasteiger partial charge in [0.05, 0.1) is 13.2 Å². The number of rotatable bonds is 6. The molecule has 1 aromatic carbocycles. The number of hydrogen-bond acceptors (Lipinski definition) is 6. The molecule has 2 N–H and O–H groups in total. The summed E-state index contributed by atoms with van der Waals surface area (Å²) in [6, 6.07) is 10.9. The molecule has 0 unspecified atom stereocenters. The lowest BCUT2D eigenvalue weighted by molar-refractivity contribution is 0.122. The van der Waals surface area contributed by atoms with Gasteiger partial charge in [0, 0.05) is 48.7 Å². The lowest BCUT2D eigenvalue weighted by atomic mass is 9.79. The summed E-state index contributed by atoms with van der Waals surface area (Å²) in [6.45, 7) is 7.18. The van der Waals surface area contributed by atoms with Gasteiger partial charge >= 0.3 is 0 Å². The first kappa shape index (κ1) is 25.5. The summed E-state index contributed by atoms with van der Waals surface area (Å²) in [5.74, 6) is 2.45. The van der Waals surface area contributed by atoms with Crippen molar-refractivity contribution in [1.29, 1.82) is 0 Å². The summed E-state index contributed by atoms with van der Waals surface area (Å²) in [5, 5.41) is 8.14. The summed E-state index contributed by atoms with van der Waals surface area (Å²) in [6.07, 6.45) is 8.39. The highest BCUT2D eigenvalue weighted by atomic mass is 35.5. The Kier molecular flexibility index (Phi) is 8.13. The van der Waals surface area contributed by atoms with E-state index in [0.29, 0.717) is 17.1 Å². The lowest BCUT2D eigenvalue weighted by Crippen LogP contribution is -2.42. The molecule has 0 amide bonds. The summed E-state index contributed by atoms with van der Waals surface area (Å²) < 4.78 is 5.56. The lowest BCUT2D eigenvalue weighted by Gasteiger charge is -2.35. The second-order valence-corrected chi connectivity index (χ2v) is 11.2. The second kappa shape index (κ2) is 11.5. The van der Waals surface area contributed by atoms with Crippen LogP contribution in [0.2, 0.25) is 5.02 Å². The largest absolute Gasteiger partial charge is 0.378 e. The van der Waals surface area contributed by atoms with Crippen molar-refractivity contribution in [2.45, 2.75) is 63.3 Å². The van der Waals surface area contributed by atoms with Crippen LogP contribution in [-0.4, -0.2) is 60.5 Å². The fourth-order valence-corrected chi connectivity index (χ4v) is 6.13. The molecule has 9 heteroatoms. The number of benzene rings is 1. The van der Waals surface area contributed by atoms with Crippen LogP contribution in [0, 0.1) is 0 Å². The maximum absolute atomic E-state index is 6.15. The number of ether oxygens (including phenoxy) is 1. The molecule has 3 heterocycles. The number of morpholine rings is 1. The van der Waals surface area contributed by atoms with Gasteiger partial charge in [0.15, 0.2) is 5.11 Å². The minimum absolute atomic E-state index is 0.0707. The fourth-order valence-electron chi connectivity index (χ4n) is 5.84. The van der Waals surface area contributed by atoms with E-state index in [1.807, 2.05) is 12.1 Å². The molecule has 3 fully saturated rings. The van der Waals surface area contributed by atoms with Gasteiger partial charge in [0.2, 0.25) is 5.95 Å². The quantitative estimate of drug-likeness (QED) is 0.499. The van der Waals surface area contributed by atoms with Gasteiger partial charge in [-0.05, 0) is 68.9 Å². The predicted octanol–water partition coefficient (Wildman–Crippen LogP) is 5.14. The minimum Gasteiger partial charge on any atom is -0.378 e. The summed E-state index contributed by atoms with van der Waals surface area (Å²) in [7, 11) is 0. The van der Waals surface area contributed by atoms with E-state index in [4.69, 9.17) is 38.5 Å². The first-order valence-electron chi connectivity index (χ1n) is 13.3. The first-order valence-corrected chi connectivity index (χ1v) is 14.1. The Bertz CT molecular complexity index is 1040. The first-order chi connectivity index (χ1) is 17.5. The Labute approximate surface area is 225 Å². The van der Waals surface area contributed by atoms with E-state index in [2.05, 4.69) is 45.6 Å². The van der Waals surface area contributed by atoms with E-state index in [1.165, 1.54) is 37.7 Å². The van der Waals surface area contributed by atoms with E-state index in [-0.39, 0.29) is 5.41 Å². The van der Waals surface area contributed by atoms with Crippen LogP contribution in [0.1, 0.15) is 57.4 Å². The van der Waals surface area contributed by atoms with Crippen molar-refractivity contribution >= 4 is 46.5 Å². The van der Waals surface area contributed by atoms with Crippen LogP contribution < -0.4 is 20.4 Å². The molecule has 1 aromatic heterocycles. The maximum atomic E-state index is 6.15. The van der Waals surface area contributed by atoms with Crippen LogP contribution in [0.25, 0.3) is 0 Å². The number of thiocarbonyl (C=S) groups is 1. The molecule has 2 saturated heterocycles. The van der Waals surface area contributed by atoms with Gasteiger partial charge in [-0.15, -0.1) is 0 Å². The molecule has 0 bridgehead atoms. The smallest absolute Gasteiger partial charge is 0.232 e. The van der Waals surface area contributed by atoms with E-state index >= 15 is 0 Å². The van der Waals surface area contributed by atoms with Crippen LogP contribution in [0.4, 0.5) is 17.6 Å². The molecule has 7 nitrogen and oxygen atoms in total. The third kappa shape index (κ3) is 5.87. The summed E-state index contributed by atoms with van der Waals surface area (Å²) in [4.78, 5) is 14.5. The third-order valence-corrected chi connectivity index (χ3v) is 8.46. The van der Waals surface area contributed by atoms with Gasteiger partial charge in [-0.2, -0.15) is 9.97 Å². The number of nitrogens with one attached hydrogen (secondary N) is 2. The molecule has 194 valence electrons. The highest BCUT2D eigenvalue weighted by molar-refractivity contribution is 7.80. The highest BCUT2D eigenvalue weighted by Gasteiger charge is 2.35. The predicted molar refractivity (Wildman–Crippen MR) is 152 cm³/mol. The minimum atomic E-state index is 0.0707. The Morgan fingerprint density at radius 2 is 1.78 bits per heavy atom. The molecular weight excluding hydrogens is 492 g/mol. The van der Waals surface area contributed by atoms with E-state index in [0.717, 1.165) is 68.9 Å². The Balaban J connectivity index is 1.32. The number of hydrogen-bond donors (Lipinski definition) is 2. The average Bonchev–Trinajstić information content (AvgIpc) is 3.39. The topological polar surface area (TPSA) is 65.6 Å². The molecule has 2 aliphatic heterocycles. The van der Waals surface area contributed by atoms with Crippen LogP contribution in [0.3, 0.4) is 0 Å². The van der Waals surface area contributed by atoms with E-state index in [9.17, 15) is 0 Å². The molecule has 0 radical (unpaired) electrons. The maximum Gasteiger partial charge on any atom is 0.232 e. The van der Waals surface area contributed by atoms with Crippen molar-refractivity contribution in [3.8, 4) is 0 Å². The molecule has 0 spiro atoms. The van der Waals surface area contributed by atoms with Crippen molar-refractivity contribution in [1.82, 2.24) is 15.3 Å². The van der Waals surface area contributed by atoms with Gasteiger partial charge in [-0.1, -0.05) is 36.6 Å². The summed E-state index contributed by atoms with van der Waals surface area (Å²) in [5.41, 5.74) is 1.40. The van der Waals surface area contributed by atoms with Crippen molar-refractivity contribution in [3.63, 3.8) is 0 Å². The monoisotopic (exact) mass is 528 g/mol. The van der Waals surface area contributed by atoms with Gasteiger partial charge in [-0.3, -0.25) is 0 Å². The molecular formula is C27H37ClN6OS. The number of aromatic nitrogens is 2. The van der Waals surface area contributed by atoms with E-state index < -0.39 is 0 Å². The molecule has 1 aliphatic carbocycles. The van der Waals surface area contributed by atoms with E-state index in [1.54, 1.807) is 0 Å². The highest BCUT2D eigenvalue weighted by Crippen LogP contribution is 2.41. The van der Waals surface area contributed by atoms with Gasteiger partial charge in [0.1, 0.15) is 11.6 Å². The van der Waals surface area contributed by atoms with Crippen LogP contribution >= 0.6 is 23.8 Å². The number of anilines is 3.